The summed E-state index contributed by atoms with van der Waals surface area (Å²) in [5.74, 6) is -1.16. The molecule has 2 atom stereocenters. The maximum atomic E-state index is 12.2. The van der Waals surface area contributed by atoms with Crippen molar-refractivity contribution in [3.05, 3.63) is 42.0 Å². The zero-order valence-corrected chi connectivity index (χ0v) is 13.1. The summed E-state index contributed by atoms with van der Waals surface area (Å²) < 4.78 is 10.3. The first-order valence-electron chi connectivity index (χ1n) is 7.32. The second kappa shape index (κ2) is 7.58. The first-order chi connectivity index (χ1) is 11.0. The van der Waals surface area contributed by atoms with E-state index in [9.17, 15) is 14.4 Å². The number of ether oxygens (including phenoxy) is 2. The average molecular weight is 317 g/mol. The van der Waals surface area contributed by atoms with Crippen molar-refractivity contribution in [3.63, 3.8) is 0 Å². The summed E-state index contributed by atoms with van der Waals surface area (Å²) in [6.07, 6.45) is 1.90. The summed E-state index contributed by atoms with van der Waals surface area (Å²) in [4.78, 5) is 36.0. The Bertz CT molecular complexity index is 587. The van der Waals surface area contributed by atoms with E-state index < -0.39 is 24.1 Å². The highest BCUT2D eigenvalue weighted by Crippen LogP contribution is 2.18. The number of carbonyl (C=O) groups is 3. The number of nitrogens with zero attached hydrogens (tertiary/aromatic N) is 1. The molecule has 1 aromatic rings. The van der Waals surface area contributed by atoms with Gasteiger partial charge in [0.2, 0.25) is 5.91 Å². The van der Waals surface area contributed by atoms with E-state index in [0.29, 0.717) is 0 Å². The Labute approximate surface area is 134 Å². The lowest BCUT2D eigenvalue weighted by atomic mass is 10.2. The molecule has 1 amide bonds. The molecule has 0 aromatic heterocycles. The Morgan fingerprint density at radius 2 is 1.52 bits per heavy atom. The van der Waals surface area contributed by atoms with Crippen LogP contribution in [0.3, 0.4) is 0 Å². The van der Waals surface area contributed by atoms with Crippen molar-refractivity contribution in [2.45, 2.75) is 26.1 Å². The normalized spacial score (nSPS) is 20.5. The lowest BCUT2D eigenvalue weighted by Gasteiger charge is -2.17. The van der Waals surface area contributed by atoms with Crippen molar-refractivity contribution < 1.29 is 23.9 Å². The highest BCUT2D eigenvalue weighted by atomic mass is 16.6. The quantitative estimate of drug-likeness (QED) is 0.620. The van der Waals surface area contributed by atoms with Gasteiger partial charge >= 0.3 is 11.9 Å². The summed E-state index contributed by atoms with van der Waals surface area (Å²) >= 11 is 0. The maximum absolute atomic E-state index is 12.2. The van der Waals surface area contributed by atoms with Crippen LogP contribution in [0.2, 0.25) is 0 Å². The summed E-state index contributed by atoms with van der Waals surface area (Å²) in [5, 5.41) is 0. The summed E-state index contributed by atoms with van der Waals surface area (Å²) in [7, 11) is 0. The van der Waals surface area contributed by atoms with E-state index in [1.165, 1.54) is 24.8 Å². The third kappa shape index (κ3) is 4.95. The number of rotatable bonds is 4. The van der Waals surface area contributed by atoms with Crippen LogP contribution < -0.4 is 0 Å². The summed E-state index contributed by atoms with van der Waals surface area (Å²) in [5.41, 5.74) is 0.910. The predicted molar refractivity (Wildman–Crippen MR) is 83.2 cm³/mol. The van der Waals surface area contributed by atoms with Crippen molar-refractivity contribution >= 4 is 23.9 Å². The number of hydrogen-bond donors (Lipinski definition) is 0. The van der Waals surface area contributed by atoms with Crippen molar-refractivity contribution in [1.82, 2.24) is 4.90 Å². The Balaban J connectivity index is 2.02. The SMILES string of the molecule is CC(=O)O[C@@H]1CN(C(=O)C=Cc2ccccc2)C[C@H]1OC(C)=O. The van der Waals surface area contributed by atoms with Gasteiger partial charge in [0, 0.05) is 19.9 Å². The number of likely N-dealkylation sites (tertiary alicyclic amines) is 1. The number of carbonyl (C=O) groups excluding carboxylic acids is 3. The van der Waals surface area contributed by atoms with Crippen LogP contribution in [-0.4, -0.2) is 48.0 Å². The molecule has 6 nitrogen and oxygen atoms in total. The van der Waals surface area contributed by atoms with Gasteiger partial charge in [0.1, 0.15) is 0 Å². The van der Waals surface area contributed by atoms with Crippen LogP contribution in [0.1, 0.15) is 19.4 Å². The molecule has 6 heteroatoms. The molecule has 0 unspecified atom stereocenters. The van der Waals surface area contributed by atoms with Gasteiger partial charge in [-0.3, -0.25) is 14.4 Å². The predicted octanol–water partition coefficient (Wildman–Crippen LogP) is 1.41. The van der Waals surface area contributed by atoms with E-state index in [-0.39, 0.29) is 19.0 Å². The van der Waals surface area contributed by atoms with Crippen LogP contribution in [0.15, 0.2) is 36.4 Å². The van der Waals surface area contributed by atoms with Crippen molar-refractivity contribution in [1.29, 1.82) is 0 Å². The topological polar surface area (TPSA) is 72.9 Å². The largest absolute Gasteiger partial charge is 0.457 e. The molecule has 2 rings (SSSR count). The van der Waals surface area contributed by atoms with Gasteiger partial charge in [0.15, 0.2) is 12.2 Å². The number of esters is 2. The molecular formula is C17H19NO5. The molecule has 0 spiro atoms. The molecule has 0 aliphatic carbocycles. The van der Waals surface area contributed by atoms with Crippen molar-refractivity contribution in [2.75, 3.05) is 13.1 Å². The minimum absolute atomic E-state index is 0.204. The minimum Gasteiger partial charge on any atom is -0.457 e. The number of benzene rings is 1. The van der Waals surface area contributed by atoms with Crippen LogP contribution in [0, 0.1) is 0 Å². The first-order valence-corrected chi connectivity index (χ1v) is 7.32. The maximum Gasteiger partial charge on any atom is 0.303 e. The van der Waals surface area contributed by atoms with E-state index in [2.05, 4.69) is 0 Å². The van der Waals surface area contributed by atoms with Gasteiger partial charge in [-0.2, -0.15) is 0 Å². The second-order valence-electron chi connectivity index (χ2n) is 5.28. The third-order valence-corrected chi connectivity index (χ3v) is 3.38. The zero-order chi connectivity index (χ0) is 16.8. The summed E-state index contributed by atoms with van der Waals surface area (Å²) in [6.45, 7) is 2.97. The molecule has 0 saturated carbocycles. The van der Waals surface area contributed by atoms with Gasteiger partial charge in [0.25, 0.3) is 0 Å². The fourth-order valence-corrected chi connectivity index (χ4v) is 2.41. The molecule has 1 saturated heterocycles. The average Bonchev–Trinajstić information content (AvgIpc) is 2.87. The smallest absolute Gasteiger partial charge is 0.303 e. The van der Waals surface area contributed by atoms with Gasteiger partial charge < -0.3 is 14.4 Å². The van der Waals surface area contributed by atoms with Crippen molar-refractivity contribution in [2.24, 2.45) is 0 Å². The van der Waals surface area contributed by atoms with E-state index in [4.69, 9.17) is 9.47 Å². The van der Waals surface area contributed by atoms with Crippen molar-refractivity contribution in [3.8, 4) is 0 Å². The first kappa shape index (κ1) is 16.7. The van der Waals surface area contributed by atoms with Gasteiger partial charge in [-0.05, 0) is 11.6 Å². The van der Waals surface area contributed by atoms with Gasteiger partial charge in [-0.1, -0.05) is 30.3 Å². The molecule has 0 N–H and O–H groups in total. The lowest BCUT2D eigenvalue weighted by Crippen LogP contribution is -2.32. The standard InChI is InChI=1S/C17H19NO5/c1-12(19)22-15-10-18(11-16(15)23-13(2)20)17(21)9-8-14-6-4-3-5-7-14/h3-9,15-16H,10-11H2,1-2H3/t15-,16-/m1/s1. The molecule has 1 aromatic carbocycles. The highest BCUT2D eigenvalue weighted by Gasteiger charge is 2.38. The Hall–Kier alpha value is -2.63. The van der Waals surface area contributed by atoms with Crippen LogP contribution in [0.25, 0.3) is 6.08 Å². The van der Waals surface area contributed by atoms with E-state index >= 15 is 0 Å². The Morgan fingerprint density at radius 3 is 2.00 bits per heavy atom. The zero-order valence-electron chi connectivity index (χ0n) is 13.1. The van der Waals surface area contributed by atoms with Crippen LogP contribution in [-0.2, 0) is 23.9 Å². The fraction of sp³-hybridized carbons (Fsp3) is 0.353. The van der Waals surface area contributed by atoms with E-state index in [1.807, 2.05) is 30.3 Å². The molecule has 1 aliphatic rings. The molecule has 1 heterocycles. The van der Waals surface area contributed by atoms with Crippen LogP contribution >= 0.6 is 0 Å². The Kier molecular flexibility index (Phi) is 5.51. The molecule has 122 valence electrons. The van der Waals surface area contributed by atoms with Crippen LogP contribution in [0.4, 0.5) is 0 Å². The number of hydrogen-bond acceptors (Lipinski definition) is 5. The molecule has 1 aliphatic heterocycles. The Morgan fingerprint density at radius 1 is 1.00 bits per heavy atom. The van der Waals surface area contributed by atoms with Gasteiger partial charge in [-0.25, -0.2) is 0 Å². The van der Waals surface area contributed by atoms with E-state index in [1.54, 1.807) is 6.08 Å². The molecule has 0 bridgehead atoms. The van der Waals surface area contributed by atoms with Gasteiger partial charge in [-0.15, -0.1) is 0 Å². The lowest BCUT2D eigenvalue weighted by molar-refractivity contribution is -0.160. The van der Waals surface area contributed by atoms with Crippen LogP contribution in [0.5, 0.6) is 0 Å². The molecule has 23 heavy (non-hydrogen) atoms. The third-order valence-electron chi connectivity index (χ3n) is 3.38. The monoisotopic (exact) mass is 317 g/mol. The fourth-order valence-electron chi connectivity index (χ4n) is 2.41. The number of amides is 1. The molecular weight excluding hydrogens is 298 g/mol. The van der Waals surface area contributed by atoms with E-state index in [0.717, 1.165) is 5.56 Å². The van der Waals surface area contributed by atoms with Gasteiger partial charge in [0.05, 0.1) is 13.1 Å². The minimum atomic E-state index is -0.634. The summed E-state index contributed by atoms with van der Waals surface area (Å²) in [6, 6.07) is 9.43. The second-order valence-corrected chi connectivity index (χ2v) is 5.28. The molecule has 0 radical (unpaired) electrons. The molecule has 1 fully saturated rings. The highest BCUT2D eigenvalue weighted by molar-refractivity contribution is 5.92.